The van der Waals surface area contributed by atoms with Crippen molar-refractivity contribution in [2.24, 2.45) is 0 Å². The van der Waals surface area contributed by atoms with E-state index in [2.05, 4.69) is 210 Å². The second-order valence-electron chi connectivity index (χ2n) is 11.5. The molecule has 0 amide bonds. The Labute approximate surface area is 329 Å². The van der Waals surface area contributed by atoms with Gasteiger partial charge in [0, 0.05) is 0 Å². The van der Waals surface area contributed by atoms with Gasteiger partial charge in [0.05, 0.1) is 15.8 Å². The first-order chi connectivity index (χ1) is 26.1. The SMILES string of the molecule is FC(F)(F)c1c[c-]cc(C(F)(F)F)c1.[Cl][Pd+].c1ccc([PH+](c2ccccc2)c2ccccc2)cc1.c1ccc([PH+](c2ccccc2)c2ccccc2)cc1. The van der Waals surface area contributed by atoms with Crippen molar-refractivity contribution in [2.45, 2.75) is 12.4 Å². The number of rotatable bonds is 6. The molecule has 0 radical (unpaired) electrons. The first-order valence-corrected chi connectivity index (χ1v) is 21.5. The number of alkyl halides is 6. The zero-order valence-electron chi connectivity index (χ0n) is 28.5. The minimum atomic E-state index is -4.78. The van der Waals surface area contributed by atoms with Crippen LogP contribution in [0.1, 0.15) is 11.1 Å². The summed E-state index contributed by atoms with van der Waals surface area (Å²) >= 11 is 2.22. The molecule has 0 spiro atoms. The van der Waals surface area contributed by atoms with Crippen molar-refractivity contribution in [3.63, 3.8) is 0 Å². The molecule has 0 aliphatic rings. The second-order valence-corrected chi connectivity index (χ2v) is 16.4. The van der Waals surface area contributed by atoms with Crippen molar-refractivity contribution >= 4 is 57.2 Å². The summed E-state index contributed by atoms with van der Waals surface area (Å²) in [5.74, 6) is 0. The smallest absolute Gasteiger partial charge is 0.0620 e. The van der Waals surface area contributed by atoms with Crippen molar-refractivity contribution in [3.05, 3.63) is 217 Å². The molecule has 0 heterocycles. The molecule has 278 valence electrons. The van der Waals surface area contributed by atoms with Crippen LogP contribution in [0.25, 0.3) is 0 Å². The van der Waals surface area contributed by atoms with E-state index < -0.39 is 39.3 Å². The Bertz CT molecular complexity index is 1720. The van der Waals surface area contributed by atoms with E-state index in [9.17, 15) is 26.3 Å². The molecule has 0 bridgehead atoms. The van der Waals surface area contributed by atoms with E-state index in [1.807, 2.05) is 0 Å². The van der Waals surface area contributed by atoms with Gasteiger partial charge in [0.15, 0.2) is 0 Å². The van der Waals surface area contributed by atoms with Crippen molar-refractivity contribution in [2.75, 3.05) is 0 Å². The van der Waals surface area contributed by atoms with Crippen LogP contribution in [-0.2, 0) is 30.5 Å². The van der Waals surface area contributed by atoms with Gasteiger partial charge in [-0.1, -0.05) is 120 Å². The van der Waals surface area contributed by atoms with Crippen LogP contribution in [0.2, 0.25) is 0 Å². The summed E-state index contributed by atoms with van der Waals surface area (Å²) in [7, 11) is 2.73. The average Bonchev–Trinajstić information content (AvgIpc) is 3.21. The molecule has 0 saturated heterocycles. The molecule has 7 aromatic rings. The zero-order chi connectivity index (χ0) is 38.8. The maximum Gasteiger partial charge on any atom is 0.102 e. The molecule has 7 aromatic carbocycles. The number of benzene rings is 7. The van der Waals surface area contributed by atoms with Crippen molar-refractivity contribution in [1.82, 2.24) is 0 Å². The van der Waals surface area contributed by atoms with Crippen molar-refractivity contribution in [1.29, 1.82) is 0 Å². The first-order valence-electron chi connectivity index (χ1n) is 16.4. The normalized spacial score (nSPS) is 10.9. The van der Waals surface area contributed by atoms with Crippen molar-refractivity contribution in [3.8, 4) is 0 Å². The predicted molar refractivity (Wildman–Crippen MR) is 214 cm³/mol. The maximum absolute atomic E-state index is 12.0. The third kappa shape index (κ3) is 13.1. The average molecular weight is 882 g/mol. The standard InChI is InChI=1S/2C18H15P.C8H3F6.ClH.Pd/c2*1-4-10-16(11-5-1)19(17-12-6-2-7-13-17)18-14-8-3-9-15-18;9-7(10,11)5-2-1-3-6(4-5)8(12,13)14;;/h2*1-15H;2-4H;1H;/q;;-1;;+2/p+1. The fraction of sp³-hybridized carbons (Fsp3) is 0.0455. The monoisotopic (exact) mass is 880 g/mol. The van der Waals surface area contributed by atoms with E-state index in [0.717, 1.165) is 0 Å². The van der Waals surface area contributed by atoms with E-state index in [-0.39, 0.29) is 6.07 Å². The number of hydrogen-bond acceptors (Lipinski definition) is 0. The Balaban J connectivity index is 0.000000179. The van der Waals surface area contributed by atoms with E-state index in [4.69, 9.17) is 0 Å². The minimum absolute atomic E-state index is 0.0521. The van der Waals surface area contributed by atoms with Gasteiger partial charge in [-0.25, -0.2) is 0 Å². The zero-order valence-corrected chi connectivity index (χ0v) is 32.8. The Kier molecular flexibility index (Phi) is 17.2. The summed E-state index contributed by atoms with van der Waals surface area (Å²) < 4.78 is 71.8. The number of hydrogen-bond donors (Lipinski definition) is 0. The molecule has 7 rings (SSSR count). The van der Waals surface area contributed by atoms with Crippen LogP contribution < -0.4 is 31.8 Å². The Hall–Kier alpha value is -4.07. The summed E-state index contributed by atoms with van der Waals surface area (Å²) in [6, 6.07) is 67.8. The van der Waals surface area contributed by atoms with Crippen LogP contribution in [-0.4, -0.2) is 0 Å². The summed E-state index contributed by atoms with van der Waals surface area (Å²) in [6.07, 6.45) is -9.56. The molecule has 0 unspecified atom stereocenters. The molecule has 0 aliphatic heterocycles. The van der Waals surface area contributed by atoms with Gasteiger partial charge >= 0.3 is 40.1 Å². The van der Waals surface area contributed by atoms with Crippen molar-refractivity contribution < 1.29 is 44.5 Å². The van der Waals surface area contributed by atoms with E-state index in [1.165, 1.54) is 31.8 Å². The molecule has 0 nitrogen and oxygen atoms in total. The molecule has 0 saturated carbocycles. The fourth-order valence-electron chi connectivity index (χ4n) is 5.43. The van der Waals surface area contributed by atoms with Gasteiger partial charge in [-0.05, 0) is 72.8 Å². The van der Waals surface area contributed by atoms with Crippen LogP contribution in [0, 0.1) is 6.07 Å². The van der Waals surface area contributed by atoms with E-state index in [0.29, 0.717) is 12.1 Å². The van der Waals surface area contributed by atoms with Crippen LogP contribution in [0.4, 0.5) is 26.3 Å². The first kappa shape index (κ1) is 42.7. The van der Waals surface area contributed by atoms with Crippen LogP contribution in [0.3, 0.4) is 0 Å². The van der Waals surface area contributed by atoms with Crippen LogP contribution in [0.5, 0.6) is 0 Å². The van der Waals surface area contributed by atoms with E-state index >= 15 is 0 Å². The summed E-state index contributed by atoms with van der Waals surface area (Å²) in [5.41, 5.74) is -2.71. The third-order valence-electron chi connectivity index (χ3n) is 7.82. The Morgan fingerprint density at radius 1 is 0.352 bits per heavy atom. The molecular formula is C44H35ClF6P2Pd+2. The topological polar surface area (TPSA) is 0 Å². The summed E-state index contributed by atoms with van der Waals surface area (Å²) in [4.78, 5) is 0. The number of halogens is 7. The third-order valence-corrected chi connectivity index (χ3v) is 13.3. The molecule has 0 N–H and O–H groups in total. The predicted octanol–water partition coefficient (Wildman–Crippen LogP) is 10.6. The molecule has 0 atom stereocenters. The van der Waals surface area contributed by atoms with Gasteiger partial charge in [0.2, 0.25) is 0 Å². The minimum Gasteiger partial charge on any atom is -0.0620 e. The quantitative estimate of drug-likeness (QED) is 0.0676. The second kappa shape index (κ2) is 21.7. The summed E-state index contributed by atoms with van der Waals surface area (Å²) in [5, 5.41) is 8.61. The van der Waals surface area contributed by atoms with Crippen LogP contribution in [0.15, 0.2) is 200 Å². The van der Waals surface area contributed by atoms with Gasteiger partial charge in [-0.2, -0.15) is 44.5 Å². The molecule has 0 fully saturated rings. The largest absolute Gasteiger partial charge is 0.102 e. The van der Waals surface area contributed by atoms with Gasteiger partial charge in [-0.3, -0.25) is 0 Å². The van der Waals surface area contributed by atoms with Gasteiger partial charge in [0.1, 0.15) is 31.8 Å². The van der Waals surface area contributed by atoms with Gasteiger partial charge in [-0.15, -0.1) is 6.07 Å². The molecule has 10 heteroatoms. The molecule has 54 heavy (non-hydrogen) atoms. The molecule has 0 aromatic heterocycles. The Morgan fingerprint density at radius 2 is 0.537 bits per heavy atom. The van der Waals surface area contributed by atoms with Gasteiger partial charge < -0.3 is 0 Å². The molecule has 0 aliphatic carbocycles. The van der Waals surface area contributed by atoms with E-state index in [1.54, 1.807) is 6.07 Å². The maximum atomic E-state index is 12.0. The summed E-state index contributed by atoms with van der Waals surface area (Å²) in [6.45, 7) is 0. The van der Waals surface area contributed by atoms with Gasteiger partial charge in [0.25, 0.3) is 0 Å². The molecular weight excluding hydrogens is 846 g/mol. The fourth-order valence-corrected chi connectivity index (χ4v) is 10.6. The van der Waals surface area contributed by atoms with Crippen LogP contribution >= 0.6 is 25.4 Å². The Morgan fingerprint density at radius 3 is 0.704 bits per heavy atom.